The van der Waals surface area contributed by atoms with Gasteiger partial charge in [0, 0.05) is 14.2 Å². The van der Waals surface area contributed by atoms with Gasteiger partial charge in [-0.1, -0.05) is 83.3 Å². The zero-order chi connectivity index (χ0) is 27.5. The quantitative estimate of drug-likeness (QED) is 0.103. The van der Waals surface area contributed by atoms with E-state index < -0.39 is 55.5 Å². The van der Waals surface area contributed by atoms with Crippen molar-refractivity contribution in [2.45, 2.75) is 127 Å². The third-order valence-electron chi connectivity index (χ3n) is 6.80. The maximum atomic E-state index is 12.0. The maximum absolute atomic E-state index is 12.0. The molecule has 7 atom stereocenters. The van der Waals surface area contributed by atoms with Crippen LogP contribution in [0.4, 0.5) is 4.79 Å². The summed E-state index contributed by atoms with van der Waals surface area (Å²) in [6.07, 6.45) is 11.6. The lowest BCUT2D eigenvalue weighted by atomic mass is 9.99. The summed E-state index contributed by atoms with van der Waals surface area (Å²) in [7, 11) is 3.03. The number of nitrogens with one attached hydrogen (secondary N) is 2. The van der Waals surface area contributed by atoms with Gasteiger partial charge in [0.15, 0.2) is 6.29 Å². The Labute approximate surface area is 222 Å². The van der Waals surface area contributed by atoms with Crippen LogP contribution >= 0.6 is 0 Å². The molecule has 0 aromatic carbocycles. The Morgan fingerprint density at radius 3 is 2.08 bits per heavy atom. The highest BCUT2D eigenvalue weighted by molar-refractivity contribution is 5.73. The molecular formula is C27H52N2O8. The molecule has 6 N–H and O–H groups in total. The molecule has 0 aliphatic carbocycles. The lowest BCUT2D eigenvalue weighted by molar-refractivity contribution is -0.302. The Morgan fingerprint density at radius 1 is 0.946 bits per heavy atom. The van der Waals surface area contributed by atoms with E-state index in [2.05, 4.69) is 17.6 Å². The number of carbonyl (C=O) groups is 1. The fourth-order valence-corrected chi connectivity index (χ4v) is 4.40. The van der Waals surface area contributed by atoms with E-state index in [-0.39, 0.29) is 6.61 Å². The van der Waals surface area contributed by atoms with Crippen LogP contribution in [0.15, 0.2) is 12.2 Å². The van der Waals surface area contributed by atoms with Gasteiger partial charge in [-0.25, -0.2) is 4.79 Å². The summed E-state index contributed by atoms with van der Waals surface area (Å²) in [5, 5.41) is 44.7. The molecule has 0 bridgehead atoms. The van der Waals surface area contributed by atoms with Gasteiger partial charge in [-0.05, 0) is 12.8 Å². The molecule has 1 aliphatic rings. The molecule has 1 saturated heterocycles. The summed E-state index contributed by atoms with van der Waals surface area (Å²) in [5.41, 5.74) is 0. The van der Waals surface area contributed by atoms with Gasteiger partial charge in [0.25, 0.3) is 0 Å². The molecule has 0 saturated carbocycles. The van der Waals surface area contributed by atoms with Gasteiger partial charge < -0.3 is 45.3 Å². The summed E-state index contributed by atoms with van der Waals surface area (Å²) in [6.45, 7) is 1.60. The van der Waals surface area contributed by atoms with Crippen molar-refractivity contribution in [1.82, 2.24) is 10.6 Å². The lowest BCUT2D eigenvalue weighted by Gasteiger charge is -2.40. The minimum atomic E-state index is -1.54. The third kappa shape index (κ3) is 13.4. The van der Waals surface area contributed by atoms with Gasteiger partial charge in [-0.3, -0.25) is 0 Å². The molecule has 0 spiro atoms. The first-order valence-electron chi connectivity index (χ1n) is 14.0. The zero-order valence-electron chi connectivity index (χ0n) is 23.0. The van der Waals surface area contributed by atoms with Crippen molar-refractivity contribution < 1.29 is 39.4 Å². The Balaban J connectivity index is 2.45. The first-order chi connectivity index (χ1) is 17.9. The van der Waals surface area contributed by atoms with Crippen LogP contribution in [0, 0.1) is 0 Å². The number of allylic oxidation sites excluding steroid dienone is 1. The Kier molecular flexibility index (Phi) is 18.9. The highest BCUT2D eigenvalue weighted by atomic mass is 16.7. The molecule has 0 radical (unpaired) electrons. The molecule has 0 aromatic heterocycles. The maximum Gasteiger partial charge on any atom is 0.314 e. The van der Waals surface area contributed by atoms with E-state index in [0.717, 1.165) is 12.8 Å². The molecule has 1 aliphatic heterocycles. The van der Waals surface area contributed by atoms with Crippen molar-refractivity contribution in [1.29, 1.82) is 0 Å². The van der Waals surface area contributed by atoms with Gasteiger partial charge in [0.2, 0.25) is 0 Å². The van der Waals surface area contributed by atoms with Crippen LogP contribution < -0.4 is 10.6 Å². The first-order valence-corrected chi connectivity index (χ1v) is 14.0. The number of hydrogen-bond donors (Lipinski definition) is 6. The largest absolute Gasteiger partial charge is 0.394 e. The van der Waals surface area contributed by atoms with Crippen molar-refractivity contribution in [3.63, 3.8) is 0 Å². The van der Waals surface area contributed by atoms with E-state index >= 15 is 0 Å². The Bertz CT molecular complexity index is 607. The predicted molar refractivity (Wildman–Crippen MR) is 142 cm³/mol. The number of aliphatic hydroxyl groups is 4. The average Bonchev–Trinajstić information content (AvgIpc) is 2.91. The van der Waals surface area contributed by atoms with Gasteiger partial charge in [0.05, 0.1) is 25.4 Å². The molecule has 218 valence electrons. The third-order valence-corrected chi connectivity index (χ3v) is 6.80. The van der Waals surface area contributed by atoms with Gasteiger partial charge in [0.1, 0.15) is 24.4 Å². The summed E-state index contributed by atoms with van der Waals surface area (Å²) in [5.74, 6) is 0. The standard InChI is InChI=1S/C27H52N2O8/c1-4-5-6-7-8-9-10-11-12-13-14-15-16-17-21(35-3)20(29-27(34)28-2)19-36-26-25(33)24(32)23(31)22(18-30)37-26/h16-17,20-26,30-33H,4-15,18-19H2,1-3H3,(H2,28,29,34)/b17-16+/t20-,21-,22?,23?,24?,25?,26?/m0/s1. The fraction of sp³-hybridized carbons (Fsp3) is 0.889. The number of carbonyl (C=O) groups excluding carboxylic acids is 1. The number of ether oxygens (including phenoxy) is 3. The van der Waals surface area contributed by atoms with Crippen LogP contribution in [-0.4, -0.2) is 96.7 Å². The van der Waals surface area contributed by atoms with E-state index in [9.17, 15) is 25.2 Å². The van der Waals surface area contributed by atoms with Crippen molar-refractivity contribution in [2.24, 2.45) is 0 Å². The highest BCUT2D eigenvalue weighted by Crippen LogP contribution is 2.22. The topological polar surface area (TPSA) is 150 Å². The number of aliphatic hydroxyl groups excluding tert-OH is 4. The van der Waals surface area contributed by atoms with Gasteiger partial charge >= 0.3 is 6.03 Å². The van der Waals surface area contributed by atoms with Crippen LogP contribution in [0.2, 0.25) is 0 Å². The highest BCUT2D eigenvalue weighted by Gasteiger charge is 2.44. The monoisotopic (exact) mass is 532 g/mol. The SMILES string of the molecule is CCCCCCCCCCCCC/C=C/[C@H](OC)[C@H](COC1OC(CO)C(O)C(O)C1O)NC(=O)NC. The van der Waals surface area contributed by atoms with Crippen molar-refractivity contribution >= 4 is 6.03 Å². The minimum Gasteiger partial charge on any atom is -0.394 e. The normalized spacial score (nSPS) is 25.8. The van der Waals surface area contributed by atoms with E-state index in [0.29, 0.717) is 0 Å². The fourth-order valence-electron chi connectivity index (χ4n) is 4.40. The summed E-state index contributed by atoms with van der Waals surface area (Å²) in [4.78, 5) is 12.0. The smallest absolute Gasteiger partial charge is 0.314 e. The Morgan fingerprint density at radius 2 is 1.54 bits per heavy atom. The number of hydrogen-bond acceptors (Lipinski definition) is 8. The Hall–Kier alpha value is -1.27. The summed E-state index contributed by atoms with van der Waals surface area (Å²) < 4.78 is 16.6. The number of unbranched alkanes of at least 4 members (excludes halogenated alkanes) is 11. The van der Waals surface area contributed by atoms with E-state index in [1.54, 1.807) is 0 Å². The van der Waals surface area contributed by atoms with Crippen molar-refractivity contribution in [3.05, 3.63) is 12.2 Å². The summed E-state index contributed by atoms with van der Waals surface area (Å²) >= 11 is 0. The molecule has 2 amide bonds. The van der Waals surface area contributed by atoms with Gasteiger partial charge in [-0.2, -0.15) is 0 Å². The second kappa shape index (κ2) is 20.7. The van der Waals surface area contributed by atoms with E-state index in [1.165, 1.54) is 78.4 Å². The second-order valence-corrected chi connectivity index (χ2v) is 9.81. The molecule has 0 aromatic rings. The average molecular weight is 533 g/mol. The molecule has 10 nitrogen and oxygen atoms in total. The molecular weight excluding hydrogens is 480 g/mol. The molecule has 1 fully saturated rings. The van der Waals surface area contributed by atoms with Crippen molar-refractivity contribution in [2.75, 3.05) is 27.4 Å². The number of methoxy groups -OCH3 is 1. The zero-order valence-corrected chi connectivity index (χ0v) is 23.0. The van der Waals surface area contributed by atoms with Crippen LogP contribution in [0.3, 0.4) is 0 Å². The lowest BCUT2D eigenvalue weighted by Crippen LogP contribution is -2.60. The molecule has 37 heavy (non-hydrogen) atoms. The summed E-state index contributed by atoms with van der Waals surface area (Å²) in [6, 6.07) is -1.05. The van der Waals surface area contributed by atoms with E-state index in [4.69, 9.17) is 14.2 Å². The van der Waals surface area contributed by atoms with Crippen LogP contribution in [0.1, 0.15) is 84.0 Å². The number of rotatable bonds is 20. The molecule has 10 heteroatoms. The van der Waals surface area contributed by atoms with Crippen LogP contribution in [-0.2, 0) is 14.2 Å². The minimum absolute atomic E-state index is 0.0998. The predicted octanol–water partition coefficient (Wildman–Crippen LogP) is 2.37. The van der Waals surface area contributed by atoms with Crippen LogP contribution in [0.25, 0.3) is 0 Å². The van der Waals surface area contributed by atoms with E-state index in [1.807, 2.05) is 12.2 Å². The molecule has 1 rings (SSSR count). The molecule has 1 heterocycles. The van der Waals surface area contributed by atoms with Crippen molar-refractivity contribution in [3.8, 4) is 0 Å². The number of amides is 2. The first kappa shape index (κ1) is 33.8. The van der Waals surface area contributed by atoms with Gasteiger partial charge in [-0.15, -0.1) is 0 Å². The molecule has 5 unspecified atom stereocenters. The van der Waals surface area contributed by atoms with Crippen LogP contribution in [0.5, 0.6) is 0 Å². The number of urea groups is 1. The second-order valence-electron chi connectivity index (χ2n) is 9.81.